The Morgan fingerprint density at radius 2 is 1.95 bits per heavy atom. The number of hydrogen-bond donors (Lipinski definition) is 1. The SMILES string of the molecule is C=C/C(C)=C(\C=N)CN(C)CCc1ccc(C)cc1. The molecule has 2 heteroatoms. The van der Waals surface area contributed by atoms with E-state index < -0.39 is 0 Å². The van der Waals surface area contributed by atoms with Gasteiger partial charge in [-0.2, -0.15) is 0 Å². The second-order valence-electron chi connectivity index (χ2n) is 5.03. The molecule has 0 aromatic heterocycles. The van der Waals surface area contributed by atoms with Crippen LogP contribution in [-0.2, 0) is 6.42 Å². The zero-order valence-electron chi connectivity index (χ0n) is 12.2. The van der Waals surface area contributed by atoms with Crippen LogP contribution in [-0.4, -0.2) is 31.3 Å². The summed E-state index contributed by atoms with van der Waals surface area (Å²) in [6, 6.07) is 8.68. The number of hydrogen-bond acceptors (Lipinski definition) is 2. The Morgan fingerprint density at radius 1 is 1.32 bits per heavy atom. The summed E-state index contributed by atoms with van der Waals surface area (Å²) in [6.45, 7) is 9.66. The molecule has 0 aliphatic carbocycles. The fraction of sp³-hybridized carbons (Fsp3) is 0.353. The highest BCUT2D eigenvalue weighted by molar-refractivity contribution is 5.78. The summed E-state index contributed by atoms with van der Waals surface area (Å²) in [4.78, 5) is 2.24. The van der Waals surface area contributed by atoms with Crippen molar-refractivity contribution in [1.82, 2.24) is 4.90 Å². The van der Waals surface area contributed by atoms with Gasteiger partial charge in [-0.05, 0) is 44.0 Å². The lowest BCUT2D eigenvalue weighted by atomic mass is 10.1. The van der Waals surface area contributed by atoms with E-state index >= 15 is 0 Å². The van der Waals surface area contributed by atoms with Crippen molar-refractivity contribution < 1.29 is 0 Å². The van der Waals surface area contributed by atoms with Gasteiger partial charge in [0.15, 0.2) is 0 Å². The molecule has 0 bridgehead atoms. The minimum Gasteiger partial charge on any atom is -0.308 e. The third-order valence-electron chi connectivity index (χ3n) is 3.33. The zero-order valence-corrected chi connectivity index (χ0v) is 12.2. The van der Waals surface area contributed by atoms with Crippen LogP contribution in [0.15, 0.2) is 48.1 Å². The second-order valence-corrected chi connectivity index (χ2v) is 5.03. The van der Waals surface area contributed by atoms with Crippen molar-refractivity contribution in [3.8, 4) is 0 Å². The average molecular weight is 256 g/mol. The van der Waals surface area contributed by atoms with Gasteiger partial charge in [0.2, 0.25) is 0 Å². The van der Waals surface area contributed by atoms with Gasteiger partial charge >= 0.3 is 0 Å². The first-order chi connectivity index (χ1) is 9.06. The Morgan fingerprint density at radius 3 is 2.47 bits per heavy atom. The first-order valence-corrected chi connectivity index (χ1v) is 6.63. The minimum atomic E-state index is 0.799. The van der Waals surface area contributed by atoms with E-state index in [2.05, 4.69) is 49.7 Å². The summed E-state index contributed by atoms with van der Waals surface area (Å²) in [5.41, 5.74) is 4.77. The number of rotatable bonds is 7. The Labute approximate surface area is 117 Å². The van der Waals surface area contributed by atoms with E-state index in [-0.39, 0.29) is 0 Å². The number of allylic oxidation sites excluding steroid dienone is 2. The van der Waals surface area contributed by atoms with E-state index in [9.17, 15) is 0 Å². The van der Waals surface area contributed by atoms with Crippen LogP contribution < -0.4 is 0 Å². The van der Waals surface area contributed by atoms with Crippen LogP contribution in [0.25, 0.3) is 0 Å². The first kappa shape index (κ1) is 15.4. The molecule has 0 heterocycles. The molecule has 1 rings (SSSR count). The molecule has 19 heavy (non-hydrogen) atoms. The van der Waals surface area contributed by atoms with Gasteiger partial charge in [0.1, 0.15) is 0 Å². The third-order valence-corrected chi connectivity index (χ3v) is 3.33. The first-order valence-electron chi connectivity index (χ1n) is 6.63. The van der Waals surface area contributed by atoms with Gasteiger partial charge in [0, 0.05) is 19.3 Å². The largest absolute Gasteiger partial charge is 0.308 e. The lowest BCUT2D eigenvalue weighted by Gasteiger charge is -2.18. The molecule has 0 unspecified atom stereocenters. The summed E-state index contributed by atoms with van der Waals surface area (Å²) in [5.74, 6) is 0. The molecule has 0 aliphatic heterocycles. The summed E-state index contributed by atoms with van der Waals surface area (Å²) in [5, 5.41) is 7.45. The number of aryl methyl sites for hydroxylation is 1. The summed E-state index contributed by atoms with van der Waals surface area (Å²) in [7, 11) is 2.09. The van der Waals surface area contributed by atoms with Crippen molar-refractivity contribution in [2.24, 2.45) is 0 Å². The van der Waals surface area contributed by atoms with Gasteiger partial charge in [-0.25, -0.2) is 0 Å². The number of nitrogens with zero attached hydrogens (tertiary/aromatic N) is 1. The molecule has 1 aromatic carbocycles. The van der Waals surface area contributed by atoms with Gasteiger partial charge in [-0.15, -0.1) is 0 Å². The third kappa shape index (κ3) is 5.23. The van der Waals surface area contributed by atoms with Gasteiger partial charge in [-0.3, -0.25) is 0 Å². The Hall–Kier alpha value is -1.67. The molecule has 0 spiro atoms. The molecule has 0 saturated heterocycles. The van der Waals surface area contributed by atoms with Crippen LogP contribution in [0.5, 0.6) is 0 Å². The minimum absolute atomic E-state index is 0.799. The molecule has 0 saturated carbocycles. The molecular weight excluding hydrogens is 232 g/mol. The fourth-order valence-electron chi connectivity index (χ4n) is 1.86. The lowest BCUT2D eigenvalue weighted by molar-refractivity contribution is 0.371. The van der Waals surface area contributed by atoms with Crippen LogP contribution in [0.3, 0.4) is 0 Å². The monoisotopic (exact) mass is 256 g/mol. The standard InChI is InChI=1S/C17H24N2/c1-5-15(3)17(12-18)13-19(4)11-10-16-8-6-14(2)7-9-16/h5-9,12,18H,1,10-11,13H2,2-4H3/b17-15+,18-12?. The fourth-order valence-corrected chi connectivity index (χ4v) is 1.86. The quantitative estimate of drug-likeness (QED) is 0.585. The van der Waals surface area contributed by atoms with Crippen LogP contribution in [0.1, 0.15) is 18.1 Å². The molecular formula is C17H24N2. The van der Waals surface area contributed by atoms with E-state index in [1.807, 2.05) is 13.0 Å². The van der Waals surface area contributed by atoms with Crippen molar-refractivity contribution in [3.05, 3.63) is 59.2 Å². The summed E-state index contributed by atoms with van der Waals surface area (Å²) in [6.07, 6.45) is 4.28. The Balaban J connectivity index is 2.51. The maximum absolute atomic E-state index is 7.45. The van der Waals surface area contributed by atoms with E-state index in [4.69, 9.17) is 5.41 Å². The van der Waals surface area contributed by atoms with Crippen LogP contribution in [0, 0.1) is 12.3 Å². The number of benzene rings is 1. The number of likely N-dealkylation sites (N-methyl/N-ethyl adjacent to an activating group) is 1. The highest BCUT2D eigenvalue weighted by Crippen LogP contribution is 2.07. The summed E-state index contributed by atoms with van der Waals surface area (Å²) >= 11 is 0. The van der Waals surface area contributed by atoms with Crippen LogP contribution >= 0.6 is 0 Å². The molecule has 0 fully saturated rings. The maximum atomic E-state index is 7.45. The van der Waals surface area contributed by atoms with Crippen molar-refractivity contribution in [2.75, 3.05) is 20.1 Å². The number of nitrogens with one attached hydrogen (secondary N) is 1. The van der Waals surface area contributed by atoms with Crippen molar-refractivity contribution in [2.45, 2.75) is 20.3 Å². The second kappa shape index (κ2) is 7.70. The lowest BCUT2D eigenvalue weighted by Crippen LogP contribution is -2.24. The normalized spacial score (nSPS) is 12.2. The molecule has 0 aliphatic rings. The zero-order chi connectivity index (χ0) is 14.3. The average Bonchev–Trinajstić information content (AvgIpc) is 2.43. The molecule has 1 aromatic rings. The predicted octanol–water partition coefficient (Wildman–Crippen LogP) is 3.62. The topological polar surface area (TPSA) is 27.1 Å². The van der Waals surface area contributed by atoms with E-state index in [0.717, 1.165) is 30.7 Å². The van der Waals surface area contributed by atoms with Gasteiger partial charge in [0.25, 0.3) is 0 Å². The van der Waals surface area contributed by atoms with E-state index in [0.29, 0.717) is 0 Å². The molecule has 0 atom stereocenters. The predicted molar refractivity (Wildman–Crippen MR) is 84.1 cm³/mol. The molecule has 0 amide bonds. The van der Waals surface area contributed by atoms with Crippen molar-refractivity contribution in [3.63, 3.8) is 0 Å². The van der Waals surface area contributed by atoms with Gasteiger partial charge < -0.3 is 10.3 Å². The summed E-state index contributed by atoms with van der Waals surface area (Å²) < 4.78 is 0. The molecule has 0 radical (unpaired) electrons. The molecule has 2 nitrogen and oxygen atoms in total. The van der Waals surface area contributed by atoms with E-state index in [1.165, 1.54) is 17.3 Å². The van der Waals surface area contributed by atoms with Crippen LogP contribution in [0.2, 0.25) is 0 Å². The molecule has 102 valence electrons. The van der Waals surface area contributed by atoms with Crippen molar-refractivity contribution >= 4 is 6.21 Å². The highest BCUT2D eigenvalue weighted by atomic mass is 15.1. The Kier molecular flexibility index (Phi) is 6.23. The van der Waals surface area contributed by atoms with Crippen molar-refractivity contribution in [1.29, 1.82) is 5.41 Å². The highest BCUT2D eigenvalue weighted by Gasteiger charge is 2.03. The van der Waals surface area contributed by atoms with E-state index in [1.54, 1.807) is 0 Å². The van der Waals surface area contributed by atoms with Gasteiger partial charge in [-0.1, -0.05) is 42.5 Å². The smallest absolute Gasteiger partial charge is 0.0248 e. The maximum Gasteiger partial charge on any atom is 0.0248 e. The van der Waals surface area contributed by atoms with Crippen LogP contribution in [0.4, 0.5) is 0 Å². The Bertz CT molecular complexity index is 455. The molecule has 1 N–H and O–H groups in total. The van der Waals surface area contributed by atoms with Gasteiger partial charge in [0.05, 0.1) is 0 Å².